The number of guanidine groups is 1. The summed E-state index contributed by atoms with van der Waals surface area (Å²) >= 11 is 0. The van der Waals surface area contributed by atoms with E-state index in [0.29, 0.717) is 25.7 Å². The molecule has 1 amide bonds. The molecule has 0 radical (unpaired) electrons. The molecule has 0 aromatic carbocycles. The molecule has 0 aliphatic rings. The Morgan fingerprint density at radius 3 is 2.32 bits per heavy atom. The van der Waals surface area contributed by atoms with Gasteiger partial charge in [-0.2, -0.15) is 0 Å². The number of rotatable bonds is 6. The molecule has 0 saturated heterocycles. The first-order chi connectivity index (χ1) is 8.81. The van der Waals surface area contributed by atoms with Gasteiger partial charge in [-0.1, -0.05) is 20.8 Å². The summed E-state index contributed by atoms with van der Waals surface area (Å²) in [7, 11) is 3.37. The maximum atomic E-state index is 11.6. The highest BCUT2D eigenvalue weighted by molar-refractivity contribution is 5.81. The van der Waals surface area contributed by atoms with Crippen molar-refractivity contribution in [1.82, 2.24) is 16.0 Å². The van der Waals surface area contributed by atoms with Crippen LogP contribution < -0.4 is 16.0 Å². The van der Waals surface area contributed by atoms with Crippen LogP contribution in [0.15, 0.2) is 4.99 Å². The van der Waals surface area contributed by atoms with Crippen LogP contribution in [0.2, 0.25) is 0 Å². The largest absolute Gasteiger partial charge is 0.383 e. The number of carbonyl (C=O) groups excluding carboxylic acids is 1. The number of hydrogen-bond donors (Lipinski definition) is 3. The normalized spacial score (nSPS) is 13.9. The van der Waals surface area contributed by atoms with E-state index in [9.17, 15) is 4.79 Å². The van der Waals surface area contributed by atoms with E-state index in [1.165, 1.54) is 0 Å². The lowest BCUT2D eigenvalue weighted by atomic mass is 9.96. The van der Waals surface area contributed by atoms with Crippen LogP contribution in [0.5, 0.6) is 0 Å². The van der Waals surface area contributed by atoms with Crippen LogP contribution >= 0.6 is 0 Å². The number of nitrogens with zero attached hydrogens (tertiary/aromatic N) is 1. The highest BCUT2D eigenvalue weighted by atomic mass is 16.5. The molecule has 3 N–H and O–H groups in total. The molecule has 0 spiro atoms. The van der Waals surface area contributed by atoms with Gasteiger partial charge >= 0.3 is 0 Å². The van der Waals surface area contributed by atoms with Gasteiger partial charge in [0, 0.05) is 38.7 Å². The number of nitrogens with one attached hydrogen (secondary N) is 3. The van der Waals surface area contributed by atoms with Crippen molar-refractivity contribution in [2.45, 2.75) is 33.7 Å². The van der Waals surface area contributed by atoms with Crippen molar-refractivity contribution >= 4 is 11.9 Å². The third-order valence-corrected chi connectivity index (χ3v) is 2.41. The van der Waals surface area contributed by atoms with Crippen molar-refractivity contribution in [3.05, 3.63) is 0 Å². The van der Waals surface area contributed by atoms with E-state index in [1.807, 2.05) is 27.7 Å². The number of aliphatic imine (C=N–C) groups is 1. The fourth-order valence-electron chi connectivity index (χ4n) is 1.34. The predicted molar refractivity (Wildman–Crippen MR) is 78.3 cm³/mol. The number of ether oxygens (including phenoxy) is 1. The maximum absolute atomic E-state index is 11.6. The maximum Gasteiger partial charge on any atom is 0.225 e. The van der Waals surface area contributed by atoms with Gasteiger partial charge in [-0.05, 0) is 6.92 Å². The molecule has 1 unspecified atom stereocenters. The van der Waals surface area contributed by atoms with E-state index in [-0.39, 0.29) is 17.4 Å². The van der Waals surface area contributed by atoms with Gasteiger partial charge in [-0.15, -0.1) is 0 Å². The van der Waals surface area contributed by atoms with E-state index in [0.717, 1.165) is 0 Å². The minimum Gasteiger partial charge on any atom is -0.383 e. The topological polar surface area (TPSA) is 74.8 Å². The third kappa shape index (κ3) is 8.42. The van der Waals surface area contributed by atoms with Gasteiger partial charge in [0.05, 0.1) is 6.61 Å². The summed E-state index contributed by atoms with van der Waals surface area (Å²) in [6.45, 7) is 9.49. The van der Waals surface area contributed by atoms with Crippen LogP contribution in [-0.4, -0.2) is 51.8 Å². The monoisotopic (exact) mass is 272 g/mol. The summed E-state index contributed by atoms with van der Waals surface area (Å²) in [5, 5.41) is 9.19. The molecule has 0 bridgehead atoms. The molecule has 112 valence electrons. The lowest BCUT2D eigenvalue weighted by molar-refractivity contribution is -0.128. The first-order valence-corrected chi connectivity index (χ1v) is 6.55. The number of amides is 1. The van der Waals surface area contributed by atoms with Gasteiger partial charge in [0.25, 0.3) is 0 Å². The molecule has 0 aliphatic heterocycles. The first kappa shape index (κ1) is 17.7. The summed E-state index contributed by atoms with van der Waals surface area (Å²) < 4.78 is 5.04. The lowest BCUT2D eigenvalue weighted by Crippen LogP contribution is -2.46. The van der Waals surface area contributed by atoms with Crippen LogP contribution in [0.4, 0.5) is 0 Å². The van der Waals surface area contributed by atoms with Crippen LogP contribution in [0.3, 0.4) is 0 Å². The van der Waals surface area contributed by atoms with E-state index in [1.54, 1.807) is 14.2 Å². The van der Waals surface area contributed by atoms with Crippen LogP contribution in [0.1, 0.15) is 27.7 Å². The highest BCUT2D eigenvalue weighted by Gasteiger charge is 2.20. The average Bonchev–Trinajstić information content (AvgIpc) is 2.31. The quantitative estimate of drug-likeness (QED) is 0.370. The Morgan fingerprint density at radius 2 is 1.84 bits per heavy atom. The summed E-state index contributed by atoms with van der Waals surface area (Å²) in [5.74, 6) is 0.750. The fourth-order valence-corrected chi connectivity index (χ4v) is 1.34. The van der Waals surface area contributed by atoms with Crippen molar-refractivity contribution in [3.63, 3.8) is 0 Å². The zero-order chi connectivity index (χ0) is 14.9. The molecule has 19 heavy (non-hydrogen) atoms. The highest BCUT2D eigenvalue weighted by Crippen LogP contribution is 2.11. The molecule has 0 aromatic heterocycles. The zero-order valence-electron chi connectivity index (χ0n) is 13.0. The van der Waals surface area contributed by atoms with Crippen molar-refractivity contribution in [2.75, 3.05) is 33.9 Å². The van der Waals surface area contributed by atoms with Crippen LogP contribution in [0, 0.1) is 5.41 Å². The number of methoxy groups -OCH3 is 1. The van der Waals surface area contributed by atoms with Crippen molar-refractivity contribution < 1.29 is 9.53 Å². The van der Waals surface area contributed by atoms with Gasteiger partial charge < -0.3 is 20.7 Å². The van der Waals surface area contributed by atoms with E-state index >= 15 is 0 Å². The summed E-state index contributed by atoms with van der Waals surface area (Å²) in [5.41, 5.74) is -0.354. The lowest BCUT2D eigenvalue weighted by Gasteiger charge is -2.19. The second kappa shape index (κ2) is 8.74. The Hall–Kier alpha value is -1.30. The molecule has 6 heteroatoms. The van der Waals surface area contributed by atoms with E-state index in [4.69, 9.17) is 4.74 Å². The standard InChI is InChI=1S/C13H28N4O2/c1-10(9-19-6)17-12(14-5)16-8-7-15-11(18)13(2,3)4/h10H,7-9H2,1-6H3,(H,15,18)(H2,14,16,17). The predicted octanol–water partition coefficient (Wildman–Crippen LogP) is 0.349. The van der Waals surface area contributed by atoms with Crippen molar-refractivity contribution in [1.29, 1.82) is 0 Å². The van der Waals surface area contributed by atoms with E-state index in [2.05, 4.69) is 20.9 Å². The van der Waals surface area contributed by atoms with Crippen LogP contribution in [0.25, 0.3) is 0 Å². The zero-order valence-corrected chi connectivity index (χ0v) is 13.0. The summed E-state index contributed by atoms with van der Waals surface area (Å²) in [4.78, 5) is 15.7. The van der Waals surface area contributed by atoms with Gasteiger partial charge in [-0.3, -0.25) is 9.79 Å². The SMILES string of the molecule is CN=C(NCCNC(=O)C(C)(C)C)NC(C)COC. The molecule has 0 heterocycles. The molecule has 6 nitrogen and oxygen atoms in total. The summed E-state index contributed by atoms with van der Waals surface area (Å²) in [6, 6.07) is 0.181. The minimum atomic E-state index is -0.354. The molecule has 0 aliphatic carbocycles. The van der Waals surface area contributed by atoms with Gasteiger partial charge in [0.2, 0.25) is 5.91 Å². The first-order valence-electron chi connectivity index (χ1n) is 6.55. The number of hydrogen-bond acceptors (Lipinski definition) is 3. The third-order valence-electron chi connectivity index (χ3n) is 2.41. The van der Waals surface area contributed by atoms with Crippen molar-refractivity contribution in [3.8, 4) is 0 Å². The second-order valence-electron chi connectivity index (χ2n) is 5.51. The van der Waals surface area contributed by atoms with Crippen LogP contribution in [-0.2, 0) is 9.53 Å². The molecule has 0 fully saturated rings. The molecular formula is C13H28N4O2. The molecule has 0 aromatic rings. The van der Waals surface area contributed by atoms with Gasteiger partial charge in [0.15, 0.2) is 5.96 Å². The number of carbonyl (C=O) groups is 1. The summed E-state index contributed by atoms with van der Waals surface area (Å²) in [6.07, 6.45) is 0. The van der Waals surface area contributed by atoms with Crippen molar-refractivity contribution in [2.24, 2.45) is 10.4 Å². The Bertz CT molecular complexity index is 298. The second-order valence-corrected chi connectivity index (χ2v) is 5.51. The average molecular weight is 272 g/mol. The van der Waals surface area contributed by atoms with E-state index < -0.39 is 0 Å². The van der Waals surface area contributed by atoms with Gasteiger partial charge in [-0.25, -0.2) is 0 Å². The Labute approximate surface area is 116 Å². The molecule has 0 rings (SSSR count). The molecule has 1 atom stereocenters. The Morgan fingerprint density at radius 1 is 1.26 bits per heavy atom. The Kier molecular flexibility index (Phi) is 8.14. The smallest absolute Gasteiger partial charge is 0.225 e. The van der Waals surface area contributed by atoms with Gasteiger partial charge in [0.1, 0.15) is 0 Å². The molecule has 0 saturated carbocycles. The Balaban J connectivity index is 3.89. The minimum absolute atomic E-state index is 0.0463. The molecular weight excluding hydrogens is 244 g/mol. The fraction of sp³-hybridized carbons (Fsp3) is 0.846.